The number of halogens is 3. The molecule has 1 saturated heterocycles. The van der Waals surface area contributed by atoms with Crippen molar-refractivity contribution < 1.29 is 22.7 Å². The third-order valence-corrected chi connectivity index (χ3v) is 5.30. The maximum Gasteiger partial charge on any atom is 0.416 e. The molecule has 2 heterocycles. The van der Waals surface area contributed by atoms with Gasteiger partial charge in [-0.25, -0.2) is 4.79 Å². The molecule has 0 aliphatic carbocycles. The van der Waals surface area contributed by atoms with Crippen molar-refractivity contribution in [1.29, 1.82) is 0 Å². The Morgan fingerprint density at radius 2 is 2.00 bits per heavy atom. The standard InChI is InChI=1S/C18H19F3N2O2S/c19-18(20,21)13-2-1-3-15(10-13)23-16(24)22-12-17(5-7-25-8-6-17)14-4-9-26-11-14/h1-4,9-11H,5-8,12H2,(H2,22,23,24). The fourth-order valence-electron chi connectivity index (χ4n) is 3.09. The van der Waals surface area contributed by atoms with E-state index < -0.39 is 17.8 Å². The molecule has 1 aliphatic rings. The van der Waals surface area contributed by atoms with E-state index in [0.29, 0.717) is 19.8 Å². The van der Waals surface area contributed by atoms with E-state index in [0.717, 1.165) is 30.5 Å². The summed E-state index contributed by atoms with van der Waals surface area (Å²) in [6.07, 6.45) is -2.87. The van der Waals surface area contributed by atoms with Gasteiger partial charge in [0.25, 0.3) is 0 Å². The number of hydrogen-bond donors (Lipinski definition) is 2. The number of ether oxygens (including phenoxy) is 1. The highest BCUT2D eigenvalue weighted by Gasteiger charge is 2.35. The Morgan fingerprint density at radius 3 is 2.65 bits per heavy atom. The van der Waals surface area contributed by atoms with E-state index in [1.54, 1.807) is 11.3 Å². The first-order valence-electron chi connectivity index (χ1n) is 8.22. The van der Waals surface area contributed by atoms with Gasteiger partial charge in [0.05, 0.1) is 5.56 Å². The van der Waals surface area contributed by atoms with Crippen molar-refractivity contribution in [3.05, 3.63) is 52.2 Å². The predicted octanol–water partition coefficient (Wildman–Crippen LogP) is 4.64. The van der Waals surface area contributed by atoms with Gasteiger partial charge in [-0.15, -0.1) is 0 Å². The van der Waals surface area contributed by atoms with Crippen molar-refractivity contribution in [3.8, 4) is 0 Å². The predicted molar refractivity (Wildman–Crippen MR) is 94.5 cm³/mol. The van der Waals surface area contributed by atoms with Crippen LogP contribution in [0, 0.1) is 0 Å². The van der Waals surface area contributed by atoms with Gasteiger partial charge in [0.2, 0.25) is 0 Å². The average Bonchev–Trinajstić information content (AvgIpc) is 3.16. The normalized spacial score (nSPS) is 16.9. The lowest BCUT2D eigenvalue weighted by Gasteiger charge is -2.37. The molecule has 0 bridgehead atoms. The van der Waals surface area contributed by atoms with Crippen LogP contribution in [0.4, 0.5) is 23.7 Å². The molecule has 4 nitrogen and oxygen atoms in total. The van der Waals surface area contributed by atoms with E-state index in [-0.39, 0.29) is 11.1 Å². The lowest BCUT2D eigenvalue weighted by atomic mass is 9.75. The monoisotopic (exact) mass is 384 g/mol. The number of hydrogen-bond acceptors (Lipinski definition) is 3. The molecule has 2 amide bonds. The first-order chi connectivity index (χ1) is 12.4. The summed E-state index contributed by atoms with van der Waals surface area (Å²) >= 11 is 1.60. The van der Waals surface area contributed by atoms with Crippen molar-refractivity contribution in [2.45, 2.75) is 24.4 Å². The number of alkyl halides is 3. The van der Waals surface area contributed by atoms with E-state index in [1.807, 2.05) is 11.4 Å². The number of carbonyl (C=O) groups is 1. The molecule has 1 aromatic carbocycles. The van der Waals surface area contributed by atoms with Gasteiger partial charge in [-0.05, 0) is 53.4 Å². The van der Waals surface area contributed by atoms with Gasteiger partial charge in [-0.2, -0.15) is 24.5 Å². The van der Waals surface area contributed by atoms with Gasteiger partial charge in [-0.3, -0.25) is 0 Å². The summed E-state index contributed by atoms with van der Waals surface area (Å²) in [6, 6.07) is 6.11. The molecule has 3 rings (SSSR count). The number of thiophene rings is 1. The van der Waals surface area contributed by atoms with Crippen molar-refractivity contribution in [2.75, 3.05) is 25.1 Å². The third kappa shape index (κ3) is 4.37. The minimum absolute atomic E-state index is 0.105. The summed E-state index contributed by atoms with van der Waals surface area (Å²) < 4.78 is 43.7. The maximum atomic E-state index is 12.8. The van der Waals surface area contributed by atoms with Crippen molar-refractivity contribution in [1.82, 2.24) is 5.32 Å². The molecule has 1 aliphatic heterocycles. The number of benzene rings is 1. The molecule has 0 atom stereocenters. The zero-order valence-corrected chi connectivity index (χ0v) is 14.8. The molecule has 140 valence electrons. The number of amides is 2. The summed E-state index contributed by atoms with van der Waals surface area (Å²) in [5.74, 6) is 0. The molecule has 2 N–H and O–H groups in total. The summed E-state index contributed by atoms with van der Waals surface area (Å²) in [4.78, 5) is 12.2. The van der Waals surface area contributed by atoms with Gasteiger partial charge in [0.1, 0.15) is 0 Å². The molecule has 0 radical (unpaired) electrons. The van der Waals surface area contributed by atoms with Crippen LogP contribution in [0.15, 0.2) is 41.1 Å². The van der Waals surface area contributed by atoms with Crippen LogP contribution in [-0.2, 0) is 16.3 Å². The fourth-order valence-corrected chi connectivity index (χ4v) is 3.87. The third-order valence-electron chi connectivity index (χ3n) is 4.62. The molecule has 0 spiro atoms. The van der Waals surface area contributed by atoms with E-state index >= 15 is 0 Å². The SMILES string of the molecule is O=C(NCC1(c2ccsc2)CCOCC1)Nc1cccc(C(F)(F)F)c1. The van der Waals surface area contributed by atoms with Crippen molar-refractivity contribution in [3.63, 3.8) is 0 Å². The number of anilines is 1. The Hall–Kier alpha value is -2.06. The highest BCUT2D eigenvalue weighted by atomic mass is 32.1. The zero-order chi connectivity index (χ0) is 18.6. The second-order valence-corrected chi connectivity index (χ2v) is 7.07. The Balaban J connectivity index is 1.64. The summed E-state index contributed by atoms with van der Waals surface area (Å²) in [5.41, 5.74) is 0.261. The Kier molecular flexibility index (Phi) is 5.52. The molecular formula is C18H19F3N2O2S. The quantitative estimate of drug-likeness (QED) is 0.807. The van der Waals surface area contributed by atoms with Crippen molar-refractivity contribution >= 4 is 23.1 Å². The van der Waals surface area contributed by atoms with Crippen LogP contribution in [0.5, 0.6) is 0 Å². The first-order valence-corrected chi connectivity index (χ1v) is 9.16. The second-order valence-electron chi connectivity index (χ2n) is 6.29. The van der Waals surface area contributed by atoms with Gasteiger partial charge < -0.3 is 15.4 Å². The number of carbonyl (C=O) groups excluding carboxylic acids is 1. The van der Waals surface area contributed by atoms with E-state index in [2.05, 4.69) is 16.0 Å². The molecule has 2 aromatic rings. The second kappa shape index (κ2) is 7.67. The van der Waals surface area contributed by atoms with Crippen LogP contribution < -0.4 is 10.6 Å². The van der Waals surface area contributed by atoms with Crippen LogP contribution in [0.2, 0.25) is 0 Å². The Morgan fingerprint density at radius 1 is 1.23 bits per heavy atom. The smallest absolute Gasteiger partial charge is 0.381 e. The van der Waals surface area contributed by atoms with Gasteiger partial charge in [0, 0.05) is 30.9 Å². The molecule has 0 unspecified atom stereocenters. The molecule has 0 saturated carbocycles. The van der Waals surface area contributed by atoms with E-state index in [1.165, 1.54) is 12.1 Å². The minimum atomic E-state index is -4.45. The highest BCUT2D eigenvalue weighted by Crippen LogP contribution is 2.35. The lowest BCUT2D eigenvalue weighted by Crippen LogP contribution is -2.45. The van der Waals surface area contributed by atoms with Crippen molar-refractivity contribution in [2.24, 2.45) is 0 Å². The van der Waals surface area contributed by atoms with Gasteiger partial charge >= 0.3 is 12.2 Å². The van der Waals surface area contributed by atoms with E-state index in [9.17, 15) is 18.0 Å². The zero-order valence-electron chi connectivity index (χ0n) is 13.9. The number of nitrogens with one attached hydrogen (secondary N) is 2. The number of urea groups is 1. The van der Waals surface area contributed by atoms with E-state index in [4.69, 9.17) is 4.74 Å². The maximum absolute atomic E-state index is 12.8. The van der Waals surface area contributed by atoms with Crippen LogP contribution in [-0.4, -0.2) is 25.8 Å². The molecule has 26 heavy (non-hydrogen) atoms. The molecule has 8 heteroatoms. The highest BCUT2D eigenvalue weighted by molar-refractivity contribution is 7.08. The summed E-state index contributed by atoms with van der Waals surface area (Å²) in [5, 5.41) is 9.35. The Labute approximate surface area is 153 Å². The van der Waals surface area contributed by atoms with Crippen LogP contribution >= 0.6 is 11.3 Å². The topological polar surface area (TPSA) is 50.4 Å². The Bertz CT molecular complexity index is 741. The minimum Gasteiger partial charge on any atom is -0.381 e. The van der Waals surface area contributed by atoms with Gasteiger partial charge in [0.15, 0.2) is 0 Å². The van der Waals surface area contributed by atoms with Crippen LogP contribution in [0.1, 0.15) is 24.0 Å². The fraction of sp³-hybridized carbons (Fsp3) is 0.389. The average molecular weight is 384 g/mol. The van der Waals surface area contributed by atoms with Gasteiger partial charge in [-0.1, -0.05) is 6.07 Å². The molecular weight excluding hydrogens is 365 g/mol. The largest absolute Gasteiger partial charge is 0.416 e. The lowest BCUT2D eigenvalue weighted by molar-refractivity contribution is -0.137. The first kappa shape index (κ1) is 18.7. The summed E-state index contributed by atoms with van der Waals surface area (Å²) in [7, 11) is 0. The number of rotatable bonds is 4. The molecule has 1 fully saturated rings. The molecule has 1 aromatic heterocycles. The van der Waals surface area contributed by atoms with Crippen LogP contribution in [0.3, 0.4) is 0 Å². The summed E-state index contributed by atoms with van der Waals surface area (Å²) in [6.45, 7) is 1.64. The van der Waals surface area contributed by atoms with Crippen LogP contribution in [0.25, 0.3) is 0 Å².